The van der Waals surface area contributed by atoms with E-state index in [1.54, 1.807) is 12.4 Å². The second-order valence-corrected chi connectivity index (χ2v) is 6.08. The summed E-state index contributed by atoms with van der Waals surface area (Å²) >= 11 is 3.20. The van der Waals surface area contributed by atoms with E-state index in [2.05, 4.69) is 36.5 Å². The number of nitrogens with one attached hydrogen (secondary N) is 2. The van der Waals surface area contributed by atoms with Gasteiger partial charge in [-0.2, -0.15) is 0 Å². The number of carbonyl (C=O) groups excluding carboxylic acids is 1. The van der Waals surface area contributed by atoms with Crippen LogP contribution in [-0.4, -0.2) is 28.5 Å². The molecule has 0 bridgehead atoms. The van der Waals surface area contributed by atoms with E-state index in [4.69, 9.17) is 4.42 Å². The quantitative estimate of drug-likeness (QED) is 0.851. The number of halogens is 1. The van der Waals surface area contributed by atoms with Crippen LogP contribution in [0.5, 0.6) is 0 Å². The Labute approximate surface area is 136 Å². The van der Waals surface area contributed by atoms with Crippen LogP contribution in [0, 0.1) is 0 Å². The Hall–Kier alpha value is -1.89. The van der Waals surface area contributed by atoms with Crippen LogP contribution in [0.3, 0.4) is 0 Å². The highest BCUT2D eigenvalue weighted by atomic mass is 79.9. The van der Waals surface area contributed by atoms with Crippen LogP contribution in [0.25, 0.3) is 0 Å². The molecule has 1 unspecified atom stereocenters. The summed E-state index contributed by atoms with van der Waals surface area (Å²) < 4.78 is 5.51. The van der Waals surface area contributed by atoms with Crippen molar-refractivity contribution in [3.05, 3.63) is 40.1 Å². The molecule has 0 spiro atoms. The molecule has 2 aromatic heterocycles. The lowest BCUT2D eigenvalue weighted by Gasteiger charge is -2.17. The molecule has 1 aliphatic rings. The number of aryl methyl sites for hydroxylation is 1. The molecule has 0 aromatic carbocycles. The Kier molecular flexibility index (Phi) is 4.42. The fourth-order valence-corrected chi connectivity index (χ4v) is 2.99. The van der Waals surface area contributed by atoms with Gasteiger partial charge in [0.15, 0.2) is 4.67 Å². The molecule has 116 valence electrons. The standard InChI is InChI=1S/C15H17BrN4O2/c1-9(7-17-15(21)11-5-6-22-13(11)16)20-14-10-3-2-4-12(10)18-8-19-14/h5-6,8-9H,2-4,7H2,1H3,(H,17,21)(H,18,19,20). The Bertz CT molecular complexity index is 686. The van der Waals surface area contributed by atoms with Crippen LogP contribution in [0.2, 0.25) is 0 Å². The second-order valence-electron chi connectivity index (χ2n) is 5.36. The van der Waals surface area contributed by atoms with Gasteiger partial charge in [0.25, 0.3) is 5.91 Å². The maximum absolute atomic E-state index is 12.0. The molecule has 7 heteroatoms. The minimum Gasteiger partial charge on any atom is -0.457 e. The lowest BCUT2D eigenvalue weighted by Crippen LogP contribution is -2.35. The third-order valence-corrected chi connectivity index (χ3v) is 4.30. The normalized spacial score (nSPS) is 14.5. The van der Waals surface area contributed by atoms with Gasteiger partial charge in [0.05, 0.1) is 11.8 Å². The lowest BCUT2D eigenvalue weighted by atomic mass is 10.2. The predicted molar refractivity (Wildman–Crippen MR) is 85.9 cm³/mol. The Morgan fingerprint density at radius 1 is 1.45 bits per heavy atom. The van der Waals surface area contributed by atoms with E-state index >= 15 is 0 Å². The van der Waals surface area contributed by atoms with Gasteiger partial charge in [-0.05, 0) is 48.2 Å². The van der Waals surface area contributed by atoms with Crippen LogP contribution in [-0.2, 0) is 12.8 Å². The molecule has 3 rings (SSSR count). The number of amides is 1. The monoisotopic (exact) mass is 364 g/mol. The number of carbonyl (C=O) groups is 1. The molecule has 1 atom stereocenters. The third kappa shape index (κ3) is 3.14. The molecular formula is C15H17BrN4O2. The highest BCUT2D eigenvalue weighted by Crippen LogP contribution is 2.25. The van der Waals surface area contributed by atoms with Crippen molar-refractivity contribution in [1.29, 1.82) is 0 Å². The average molecular weight is 365 g/mol. The summed E-state index contributed by atoms with van der Waals surface area (Å²) in [6.45, 7) is 2.50. The molecule has 2 heterocycles. The summed E-state index contributed by atoms with van der Waals surface area (Å²) in [7, 11) is 0. The zero-order chi connectivity index (χ0) is 15.5. The minimum absolute atomic E-state index is 0.0641. The zero-order valence-corrected chi connectivity index (χ0v) is 13.8. The second kappa shape index (κ2) is 6.48. The number of aromatic nitrogens is 2. The molecule has 0 aliphatic heterocycles. The summed E-state index contributed by atoms with van der Waals surface area (Å²) in [4.78, 5) is 20.6. The average Bonchev–Trinajstić information content (AvgIpc) is 3.14. The Morgan fingerprint density at radius 3 is 3.09 bits per heavy atom. The van der Waals surface area contributed by atoms with Crippen LogP contribution in [0.15, 0.2) is 27.7 Å². The van der Waals surface area contributed by atoms with Crippen LogP contribution in [0.1, 0.15) is 35.0 Å². The smallest absolute Gasteiger partial charge is 0.255 e. The lowest BCUT2D eigenvalue weighted by molar-refractivity contribution is 0.0950. The first-order chi connectivity index (χ1) is 10.6. The van der Waals surface area contributed by atoms with Gasteiger partial charge in [0.2, 0.25) is 0 Å². The van der Waals surface area contributed by atoms with Crippen molar-refractivity contribution >= 4 is 27.7 Å². The molecular weight excluding hydrogens is 348 g/mol. The van der Waals surface area contributed by atoms with E-state index in [-0.39, 0.29) is 11.9 Å². The summed E-state index contributed by atoms with van der Waals surface area (Å²) in [6.07, 6.45) is 6.24. The molecule has 22 heavy (non-hydrogen) atoms. The highest BCUT2D eigenvalue weighted by Gasteiger charge is 2.18. The third-order valence-electron chi connectivity index (χ3n) is 3.69. The van der Waals surface area contributed by atoms with Crippen molar-refractivity contribution in [3.8, 4) is 0 Å². The van der Waals surface area contributed by atoms with Gasteiger partial charge in [0.1, 0.15) is 12.1 Å². The predicted octanol–water partition coefficient (Wildman–Crippen LogP) is 2.55. The topological polar surface area (TPSA) is 80.0 Å². The molecule has 6 nitrogen and oxygen atoms in total. The van der Waals surface area contributed by atoms with Gasteiger partial charge in [-0.25, -0.2) is 9.97 Å². The van der Waals surface area contributed by atoms with Crippen molar-refractivity contribution < 1.29 is 9.21 Å². The Morgan fingerprint density at radius 2 is 2.32 bits per heavy atom. The SMILES string of the molecule is CC(CNC(=O)c1ccoc1Br)Nc1ncnc2c1CCC2. The Balaban J connectivity index is 1.57. The van der Waals surface area contributed by atoms with Crippen LogP contribution in [0.4, 0.5) is 5.82 Å². The first kappa shape index (κ1) is 15.0. The number of fused-ring (bicyclic) bond motifs is 1. The van der Waals surface area contributed by atoms with Crippen molar-refractivity contribution in [1.82, 2.24) is 15.3 Å². The molecule has 0 radical (unpaired) electrons. The number of hydrogen-bond donors (Lipinski definition) is 2. The first-order valence-corrected chi connectivity index (χ1v) is 8.05. The number of anilines is 1. The number of nitrogens with zero attached hydrogens (tertiary/aromatic N) is 2. The molecule has 1 amide bonds. The van der Waals surface area contributed by atoms with Crippen molar-refractivity contribution in [2.75, 3.05) is 11.9 Å². The number of furan rings is 1. The van der Waals surface area contributed by atoms with E-state index in [9.17, 15) is 4.79 Å². The summed E-state index contributed by atoms with van der Waals surface area (Å²) in [5.41, 5.74) is 2.84. The highest BCUT2D eigenvalue weighted by molar-refractivity contribution is 9.10. The fraction of sp³-hybridized carbons (Fsp3) is 0.400. The summed E-state index contributed by atoms with van der Waals surface area (Å²) in [6, 6.07) is 1.70. The van der Waals surface area contributed by atoms with E-state index in [0.29, 0.717) is 16.8 Å². The fourth-order valence-electron chi connectivity index (χ4n) is 2.57. The van der Waals surface area contributed by atoms with Crippen molar-refractivity contribution in [2.24, 2.45) is 0 Å². The minimum atomic E-state index is -0.165. The maximum atomic E-state index is 12.0. The van der Waals surface area contributed by atoms with Crippen LogP contribution < -0.4 is 10.6 Å². The van der Waals surface area contributed by atoms with E-state index in [1.807, 2.05) is 6.92 Å². The van der Waals surface area contributed by atoms with Crippen molar-refractivity contribution in [3.63, 3.8) is 0 Å². The molecule has 0 saturated carbocycles. The molecule has 1 aliphatic carbocycles. The first-order valence-electron chi connectivity index (χ1n) is 7.25. The largest absolute Gasteiger partial charge is 0.457 e. The van der Waals surface area contributed by atoms with Crippen molar-refractivity contribution in [2.45, 2.75) is 32.2 Å². The van der Waals surface area contributed by atoms with Crippen LogP contribution >= 0.6 is 15.9 Å². The van der Waals surface area contributed by atoms with Gasteiger partial charge < -0.3 is 15.1 Å². The zero-order valence-electron chi connectivity index (χ0n) is 12.2. The van der Waals surface area contributed by atoms with Gasteiger partial charge in [-0.1, -0.05) is 0 Å². The number of hydrogen-bond acceptors (Lipinski definition) is 5. The van der Waals surface area contributed by atoms with Gasteiger partial charge >= 0.3 is 0 Å². The van der Waals surface area contributed by atoms with Gasteiger partial charge in [0, 0.05) is 23.8 Å². The van der Waals surface area contributed by atoms with E-state index in [0.717, 1.165) is 30.8 Å². The van der Waals surface area contributed by atoms with Gasteiger partial charge in [-0.15, -0.1) is 0 Å². The summed E-state index contributed by atoms with van der Waals surface area (Å²) in [5, 5.41) is 6.24. The molecule has 0 saturated heterocycles. The molecule has 2 N–H and O–H groups in total. The van der Waals surface area contributed by atoms with E-state index < -0.39 is 0 Å². The molecule has 2 aromatic rings. The van der Waals surface area contributed by atoms with E-state index in [1.165, 1.54) is 11.8 Å². The summed E-state index contributed by atoms with van der Waals surface area (Å²) in [5.74, 6) is 0.718. The molecule has 0 fully saturated rings. The number of rotatable bonds is 5. The maximum Gasteiger partial charge on any atom is 0.255 e. The van der Waals surface area contributed by atoms with Gasteiger partial charge in [-0.3, -0.25) is 4.79 Å².